The molecule has 0 spiro atoms. The maximum absolute atomic E-state index is 4.48. The molecule has 3 heteroatoms. The second-order valence-corrected chi connectivity index (χ2v) is 4.58. The van der Waals surface area contributed by atoms with Crippen LogP contribution >= 0.6 is 8.51 Å². The van der Waals surface area contributed by atoms with Crippen LogP contribution in [0.2, 0.25) is 0 Å². The van der Waals surface area contributed by atoms with Crippen molar-refractivity contribution in [3.63, 3.8) is 0 Å². The number of nitrogens with zero attached hydrogens (tertiary/aromatic N) is 2. The van der Waals surface area contributed by atoms with E-state index in [2.05, 4.69) is 51.5 Å². The fraction of sp³-hybridized carbons (Fsp3) is 0.0769. The van der Waals surface area contributed by atoms with E-state index in [0.29, 0.717) is 0 Å². The van der Waals surface area contributed by atoms with Crippen LogP contribution in [0, 0.1) is 0 Å². The van der Waals surface area contributed by atoms with Gasteiger partial charge in [-0.25, -0.2) is 4.75 Å². The van der Waals surface area contributed by atoms with Gasteiger partial charge in [-0.2, -0.15) is 0 Å². The standard InChI is InChI=1S/C13H11N2P/c1-2-6-11(7-3-1)10-15-13-9-5-4-8-12(13)14-16-15/h1-9H,10H2. The van der Waals surface area contributed by atoms with Crippen LogP contribution in [-0.4, -0.2) is 9.08 Å². The number of fused-ring (bicyclic) bond motifs is 1. The van der Waals surface area contributed by atoms with Crippen LogP contribution in [0.4, 0.5) is 0 Å². The topological polar surface area (TPSA) is 17.8 Å². The Bertz CT molecular complexity index is 601. The van der Waals surface area contributed by atoms with Gasteiger partial charge in [0.05, 0.1) is 17.6 Å². The van der Waals surface area contributed by atoms with Gasteiger partial charge in [0, 0.05) is 0 Å². The van der Waals surface area contributed by atoms with Crippen molar-refractivity contribution >= 4 is 19.5 Å². The molecule has 0 saturated heterocycles. The van der Waals surface area contributed by atoms with Crippen molar-refractivity contribution < 1.29 is 0 Å². The first-order chi connectivity index (χ1) is 7.93. The Balaban J connectivity index is 2.01. The molecule has 0 saturated carbocycles. The molecule has 2 aromatic carbocycles. The van der Waals surface area contributed by atoms with Gasteiger partial charge in [-0.1, -0.05) is 42.5 Å². The van der Waals surface area contributed by atoms with Crippen LogP contribution in [0.3, 0.4) is 0 Å². The molecule has 3 rings (SSSR count). The van der Waals surface area contributed by atoms with Gasteiger partial charge in [0.2, 0.25) is 0 Å². The molecular formula is C13H11N2P. The smallest absolute Gasteiger partial charge is 0.133 e. The summed E-state index contributed by atoms with van der Waals surface area (Å²) in [5, 5.41) is 0. The highest BCUT2D eigenvalue weighted by Crippen LogP contribution is 2.19. The van der Waals surface area contributed by atoms with Crippen molar-refractivity contribution in [1.82, 2.24) is 9.08 Å². The first-order valence-electron chi connectivity index (χ1n) is 5.26. The van der Waals surface area contributed by atoms with Crippen molar-refractivity contribution in [2.75, 3.05) is 0 Å². The van der Waals surface area contributed by atoms with E-state index in [1.807, 2.05) is 12.1 Å². The van der Waals surface area contributed by atoms with Crippen LogP contribution in [0.1, 0.15) is 5.56 Å². The average Bonchev–Trinajstić information content (AvgIpc) is 2.74. The molecule has 0 aliphatic carbocycles. The quantitative estimate of drug-likeness (QED) is 0.652. The molecule has 0 N–H and O–H groups in total. The number of hydrogen-bond donors (Lipinski definition) is 0. The minimum atomic E-state index is 0.920. The SMILES string of the molecule is c1ccc(Cn2pnc3ccccc32)cc1. The summed E-state index contributed by atoms with van der Waals surface area (Å²) in [4.78, 5) is 0. The number of rotatable bonds is 2. The van der Waals surface area contributed by atoms with Crippen LogP contribution in [0.25, 0.3) is 11.0 Å². The highest BCUT2D eigenvalue weighted by Gasteiger charge is 2.02. The maximum Gasteiger partial charge on any atom is 0.133 e. The Labute approximate surface area is 95.8 Å². The number of benzene rings is 2. The third-order valence-electron chi connectivity index (χ3n) is 2.60. The maximum atomic E-state index is 4.48. The van der Waals surface area contributed by atoms with Crippen LogP contribution in [-0.2, 0) is 6.54 Å². The molecule has 0 unspecified atom stereocenters. The monoisotopic (exact) mass is 226 g/mol. The van der Waals surface area contributed by atoms with Crippen molar-refractivity contribution in [1.29, 1.82) is 0 Å². The van der Waals surface area contributed by atoms with Gasteiger partial charge in [-0.15, -0.1) is 0 Å². The molecule has 16 heavy (non-hydrogen) atoms. The van der Waals surface area contributed by atoms with Crippen LogP contribution < -0.4 is 0 Å². The third kappa shape index (κ3) is 1.72. The molecule has 0 bridgehead atoms. The Morgan fingerprint density at radius 3 is 2.56 bits per heavy atom. The van der Waals surface area contributed by atoms with Crippen LogP contribution in [0.5, 0.6) is 0 Å². The summed E-state index contributed by atoms with van der Waals surface area (Å²) in [5.74, 6) is 0. The second-order valence-electron chi connectivity index (χ2n) is 3.72. The summed E-state index contributed by atoms with van der Waals surface area (Å²) in [6.07, 6.45) is 0. The molecule has 0 aliphatic heterocycles. The Morgan fingerprint density at radius 2 is 1.69 bits per heavy atom. The highest BCUT2D eigenvalue weighted by atomic mass is 31.1. The summed E-state index contributed by atoms with van der Waals surface area (Å²) in [6.45, 7) is 0.920. The van der Waals surface area contributed by atoms with Gasteiger partial charge in [0.15, 0.2) is 0 Å². The van der Waals surface area contributed by atoms with Gasteiger partial charge in [0.25, 0.3) is 0 Å². The van der Waals surface area contributed by atoms with E-state index in [1.165, 1.54) is 11.1 Å². The van der Waals surface area contributed by atoms with Gasteiger partial charge >= 0.3 is 0 Å². The Kier molecular flexibility index (Phi) is 2.43. The van der Waals surface area contributed by atoms with E-state index in [9.17, 15) is 0 Å². The molecule has 0 radical (unpaired) electrons. The van der Waals surface area contributed by atoms with E-state index in [0.717, 1.165) is 20.6 Å². The predicted molar refractivity (Wildman–Crippen MR) is 67.8 cm³/mol. The number of para-hydroxylation sites is 1. The zero-order chi connectivity index (χ0) is 10.8. The first-order valence-corrected chi connectivity index (χ1v) is 6.06. The van der Waals surface area contributed by atoms with Crippen molar-refractivity contribution in [3.05, 3.63) is 60.2 Å². The fourth-order valence-electron chi connectivity index (χ4n) is 1.79. The highest BCUT2D eigenvalue weighted by molar-refractivity contribution is 7.21. The summed E-state index contributed by atoms with van der Waals surface area (Å²) in [7, 11) is 1.02. The zero-order valence-corrected chi connectivity index (χ0v) is 9.64. The minimum absolute atomic E-state index is 0.920. The molecule has 0 fully saturated rings. The van der Waals surface area contributed by atoms with Gasteiger partial charge in [0.1, 0.15) is 8.51 Å². The minimum Gasteiger partial charge on any atom is -0.303 e. The largest absolute Gasteiger partial charge is 0.303 e. The average molecular weight is 226 g/mol. The Hall–Kier alpha value is -1.66. The molecule has 0 atom stereocenters. The lowest BCUT2D eigenvalue weighted by molar-refractivity contribution is 0.916. The molecule has 0 amide bonds. The fourth-order valence-corrected chi connectivity index (χ4v) is 2.66. The summed E-state index contributed by atoms with van der Waals surface area (Å²) in [6, 6.07) is 18.8. The van der Waals surface area contributed by atoms with Crippen molar-refractivity contribution in [3.8, 4) is 0 Å². The van der Waals surface area contributed by atoms with Gasteiger partial charge in [-0.3, -0.25) is 0 Å². The van der Waals surface area contributed by atoms with E-state index in [-0.39, 0.29) is 0 Å². The van der Waals surface area contributed by atoms with Gasteiger partial charge in [-0.05, 0) is 17.7 Å². The molecule has 0 aliphatic rings. The molecular weight excluding hydrogens is 215 g/mol. The lowest BCUT2D eigenvalue weighted by atomic mass is 10.2. The lowest BCUT2D eigenvalue weighted by Gasteiger charge is -2.02. The molecule has 2 nitrogen and oxygen atoms in total. The summed E-state index contributed by atoms with van der Waals surface area (Å²) >= 11 is 0. The number of hydrogen-bond acceptors (Lipinski definition) is 1. The first kappa shape index (κ1) is 9.56. The van der Waals surface area contributed by atoms with E-state index in [1.54, 1.807) is 0 Å². The van der Waals surface area contributed by atoms with E-state index >= 15 is 0 Å². The second kappa shape index (κ2) is 4.07. The summed E-state index contributed by atoms with van der Waals surface area (Å²) < 4.78 is 6.74. The van der Waals surface area contributed by atoms with Gasteiger partial charge < -0.3 is 4.33 Å². The van der Waals surface area contributed by atoms with Crippen molar-refractivity contribution in [2.24, 2.45) is 0 Å². The lowest BCUT2D eigenvalue weighted by Crippen LogP contribution is -1.94. The number of aromatic nitrogens is 2. The van der Waals surface area contributed by atoms with E-state index < -0.39 is 0 Å². The Morgan fingerprint density at radius 1 is 0.938 bits per heavy atom. The van der Waals surface area contributed by atoms with Crippen molar-refractivity contribution in [2.45, 2.75) is 6.54 Å². The predicted octanol–water partition coefficient (Wildman–Crippen LogP) is 3.66. The third-order valence-corrected chi connectivity index (χ3v) is 3.47. The molecule has 1 heterocycles. The normalized spacial score (nSPS) is 11.2. The van der Waals surface area contributed by atoms with E-state index in [4.69, 9.17) is 0 Å². The molecule has 1 aromatic heterocycles. The molecule has 78 valence electrons. The summed E-state index contributed by atoms with van der Waals surface area (Å²) in [5.41, 5.74) is 3.65. The van der Waals surface area contributed by atoms with Crippen LogP contribution in [0.15, 0.2) is 54.6 Å². The zero-order valence-electron chi connectivity index (χ0n) is 8.74. The molecule has 3 aromatic rings.